The number of rotatable bonds is 11. The van der Waals surface area contributed by atoms with E-state index in [0.29, 0.717) is 18.7 Å². The summed E-state index contributed by atoms with van der Waals surface area (Å²) in [5.74, 6) is -0.443. The summed E-state index contributed by atoms with van der Waals surface area (Å²) in [5.41, 5.74) is 3.26. The molecule has 0 aliphatic rings. The van der Waals surface area contributed by atoms with Crippen molar-refractivity contribution in [2.75, 3.05) is 23.7 Å². The fourth-order valence-electron chi connectivity index (χ4n) is 3.57. The molecule has 34 heavy (non-hydrogen) atoms. The molecular weight excluding hydrogens is 450 g/mol. The lowest BCUT2D eigenvalue weighted by Crippen LogP contribution is -2.51. The van der Waals surface area contributed by atoms with Gasteiger partial charge in [-0.3, -0.25) is 13.9 Å². The monoisotopic (exact) mass is 487 g/mol. The largest absolute Gasteiger partial charge is 0.354 e. The number of sulfonamides is 1. The minimum atomic E-state index is -3.74. The van der Waals surface area contributed by atoms with E-state index in [1.165, 1.54) is 4.90 Å². The average molecular weight is 488 g/mol. The standard InChI is InChI=1S/C26H37N3O4S/c1-7-23-10-8-9-11-24(23)29(34(6,32)33)18-25(30)28(17-22-14-12-20(4)13-15-22)21(5)26(31)27-16-19(2)3/h8-15,19,21H,7,16-18H2,1-6H3,(H,27,31). The topological polar surface area (TPSA) is 86.8 Å². The first-order valence-electron chi connectivity index (χ1n) is 11.6. The summed E-state index contributed by atoms with van der Waals surface area (Å²) in [6, 6.07) is 14.1. The second-order valence-corrected chi connectivity index (χ2v) is 11.0. The predicted octanol–water partition coefficient (Wildman–Crippen LogP) is 3.51. The van der Waals surface area contributed by atoms with Crippen LogP contribution in [-0.4, -0.2) is 50.5 Å². The molecule has 1 atom stereocenters. The molecule has 2 amide bonds. The fraction of sp³-hybridized carbons (Fsp3) is 0.462. The Labute approximate surface area is 204 Å². The number of anilines is 1. The Bertz CT molecular complexity index is 1080. The third kappa shape index (κ3) is 7.58. The van der Waals surface area contributed by atoms with Gasteiger partial charge in [-0.2, -0.15) is 0 Å². The predicted molar refractivity (Wildman–Crippen MR) is 137 cm³/mol. The number of carbonyl (C=O) groups excluding carboxylic acids is 2. The number of hydrogen-bond donors (Lipinski definition) is 1. The van der Waals surface area contributed by atoms with E-state index in [1.807, 2.05) is 64.1 Å². The summed E-state index contributed by atoms with van der Waals surface area (Å²) in [5, 5.41) is 2.88. The highest BCUT2D eigenvalue weighted by atomic mass is 32.2. The summed E-state index contributed by atoms with van der Waals surface area (Å²) in [4.78, 5) is 27.9. The Morgan fingerprint density at radius 1 is 1.00 bits per heavy atom. The van der Waals surface area contributed by atoms with Crippen molar-refractivity contribution in [2.45, 2.75) is 53.6 Å². The zero-order valence-electron chi connectivity index (χ0n) is 21.0. The maximum Gasteiger partial charge on any atom is 0.244 e. The van der Waals surface area contributed by atoms with Crippen LogP contribution in [0.4, 0.5) is 5.69 Å². The van der Waals surface area contributed by atoms with E-state index in [9.17, 15) is 18.0 Å². The van der Waals surface area contributed by atoms with Crippen LogP contribution in [0.1, 0.15) is 44.4 Å². The van der Waals surface area contributed by atoms with Crippen LogP contribution in [0.25, 0.3) is 0 Å². The number of carbonyl (C=O) groups is 2. The lowest BCUT2D eigenvalue weighted by atomic mass is 10.1. The normalized spacial score (nSPS) is 12.3. The third-order valence-corrected chi connectivity index (χ3v) is 6.77. The summed E-state index contributed by atoms with van der Waals surface area (Å²) in [6.45, 7) is 9.88. The van der Waals surface area contributed by atoms with E-state index in [1.54, 1.807) is 19.1 Å². The van der Waals surface area contributed by atoms with Crippen molar-refractivity contribution >= 4 is 27.5 Å². The summed E-state index contributed by atoms with van der Waals surface area (Å²) < 4.78 is 26.6. The number of aryl methyl sites for hydroxylation is 2. The van der Waals surface area contributed by atoms with Crippen LogP contribution in [0.2, 0.25) is 0 Å². The number of nitrogens with one attached hydrogen (secondary N) is 1. The van der Waals surface area contributed by atoms with E-state index in [0.717, 1.165) is 27.3 Å². The molecule has 2 rings (SSSR count). The van der Waals surface area contributed by atoms with Crippen LogP contribution >= 0.6 is 0 Å². The average Bonchev–Trinajstić information content (AvgIpc) is 2.79. The van der Waals surface area contributed by atoms with Gasteiger partial charge in [-0.25, -0.2) is 8.42 Å². The van der Waals surface area contributed by atoms with E-state index in [4.69, 9.17) is 0 Å². The Morgan fingerprint density at radius 2 is 1.62 bits per heavy atom. The third-order valence-electron chi connectivity index (χ3n) is 5.65. The second kappa shape index (κ2) is 12.0. The van der Waals surface area contributed by atoms with Crippen molar-refractivity contribution in [2.24, 2.45) is 5.92 Å². The van der Waals surface area contributed by atoms with Gasteiger partial charge < -0.3 is 10.2 Å². The highest BCUT2D eigenvalue weighted by molar-refractivity contribution is 7.92. The maximum atomic E-state index is 13.6. The van der Waals surface area contributed by atoms with Crippen molar-refractivity contribution in [3.05, 3.63) is 65.2 Å². The first kappa shape index (κ1) is 27.4. The molecule has 0 aromatic heterocycles. The highest BCUT2D eigenvalue weighted by Crippen LogP contribution is 2.24. The van der Waals surface area contributed by atoms with Crippen LogP contribution in [0.3, 0.4) is 0 Å². The molecular formula is C26H37N3O4S. The minimum absolute atomic E-state index is 0.197. The van der Waals surface area contributed by atoms with Crippen LogP contribution in [0, 0.1) is 12.8 Å². The quantitative estimate of drug-likeness (QED) is 0.525. The molecule has 2 aromatic rings. The molecule has 2 aromatic carbocycles. The summed E-state index contributed by atoms with van der Waals surface area (Å²) in [6.07, 6.45) is 1.72. The smallest absolute Gasteiger partial charge is 0.244 e. The molecule has 0 radical (unpaired) electrons. The van der Waals surface area contributed by atoms with Gasteiger partial charge in [0.05, 0.1) is 11.9 Å². The van der Waals surface area contributed by atoms with Crippen LogP contribution < -0.4 is 9.62 Å². The van der Waals surface area contributed by atoms with Gasteiger partial charge in [-0.1, -0.05) is 68.8 Å². The molecule has 8 heteroatoms. The Hall–Kier alpha value is -2.87. The molecule has 1 unspecified atom stereocenters. The van der Waals surface area contributed by atoms with Crippen molar-refractivity contribution in [3.63, 3.8) is 0 Å². The summed E-state index contributed by atoms with van der Waals surface area (Å²) >= 11 is 0. The maximum absolute atomic E-state index is 13.6. The molecule has 0 aliphatic heterocycles. The molecule has 0 saturated carbocycles. The number of hydrogen-bond acceptors (Lipinski definition) is 4. The van der Waals surface area contributed by atoms with E-state index < -0.39 is 22.0 Å². The van der Waals surface area contributed by atoms with E-state index in [2.05, 4.69) is 5.32 Å². The molecule has 1 N–H and O–H groups in total. The number of para-hydroxylation sites is 1. The zero-order chi connectivity index (χ0) is 25.5. The lowest BCUT2D eigenvalue weighted by molar-refractivity contribution is -0.139. The van der Waals surface area contributed by atoms with Gasteiger partial charge in [0, 0.05) is 13.1 Å². The SMILES string of the molecule is CCc1ccccc1N(CC(=O)N(Cc1ccc(C)cc1)C(C)C(=O)NCC(C)C)S(C)(=O)=O. The number of benzene rings is 2. The lowest BCUT2D eigenvalue weighted by Gasteiger charge is -2.32. The first-order valence-corrected chi connectivity index (χ1v) is 13.5. The van der Waals surface area contributed by atoms with Crippen LogP contribution in [0.15, 0.2) is 48.5 Å². The van der Waals surface area contributed by atoms with Gasteiger partial charge in [0.25, 0.3) is 0 Å². The zero-order valence-corrected chi connectivity index (χ0v) is 21.9. The molecule has 7 nitrogen and oxygen atoms in total. The van der Waals surface area contributed by atoms with Gasteiger partial charge >= 0.3 is 0 Å². The molecule has 0 bridgehead atoms. The Morgan fingerprint density at radius 3 is 2.18 bits per heavy atom. The van der Waals surface area contributed by atoms with Crippen LogP contribution in [0.5, 0.6) is 0 Å². The van der Waals surface area contributed by atoms with Crippen molar-refractivity contribution in [1.29, 1.82) is 0 Å². The molecule has 0 heterocycles. The Kier molecular flexibility index (Phi) is 9.67. The fourth-order valence-corrected chi connectivity index (χ4v) is 4.45. The van der Waals surface area contributed by atoms with Gasteiger partial charge in [-0.05, 0) is 43.4 Å². The molecule has 0 spiro atoms. The second-order valence-electron chi connectivity index (χ2n) is 9.07. The molecule has 0 fully saturated rings. The molecule has 0 saturated heterocycles. The minimum Gasteiger partial charge on any atom is -0.354 e. The molecule has 186 valence electrons. The van der Waals surface area contributed by atoms with Crippen molar-refractivity contribution in [1.82, 2.24) is 10.2 Å². The van der Waals surface area contributed by atoms with Gasteiger partial charge in [0.2, 0.25) is 21.8 Å². The first-order chi connectivity index (χ1) is 15.9. The Balaban J connectivity index is 2.39. The molecule has 0 aliphatic carbocycles. The van der Waals surface area contributed by atoms with Gasteiger partial charge in [0.1, 0.15) is 12.6 Å². The van der Waals surface area contributed by atoms with E-state index >= 15 is 0 Å². The van der Waals surface area contributed by atoms with Crippen LogP contribution in [-0.2, 0) is 32.6 Å². The van der Waals surface area contributed by atoms with Crippen molar-refractivity contribution in [3.8, 4) is 0 Å². The van der Waals surface area contributed by atoms with Gasteiger partial charge in [0.15, 0.2) is 0 Å². The van der Waals surface area contributed by atoms with Crippen molar-refractivity contribution < 1.29 is 18.0 Å². The highest BCUT2D eigenvalue weighted by Gasteiger charge is 2.30. The number of nitrogens with zero attached hydrogens (tertiary/aromatic N) is 2. The van der Waals surface area contributed by atoms with Gasteiger partial charge in [-0.15, -0.1) is 0 Å². The van der Waals surface area contributed by atoms with E-state index in [-0.39, 0.29) is 24.9 Å². The number of amides is 2. The summed E-state index contributed by atoms with van der Waals surface area (Å²) in [7, 11) is -3.74.